The first-order valence-corrected chi connectivity index (χ1v) is 8.00. The van der Waals surface area contributed by atoms with Crippen molar-refractivity contribution in [1.82, 2.24) is 9.88 Å². The second kappa shape index (κ2) is 7.50. The lowest BCUT2D eigenvalue weighted by Crippen LogP contribution is -2.34. The van der Waals surface area contributed by atoms with Crippen LogP contribution in [0.2, 0.25) is 0 Å². The molecule has 118 valence electrons. The first-order chi connectivity index (χ1) is 10.1. The summed E-state index contributed by atoms with van der Waals surface area (Å²) >= 11 is 0. The second-order valence-corrected chi connectivity index (χ2v) is 5.88. The maximum atomic E-state index is 5.93. The molecule has 0 radical (unpaired) electrons. The van der Waals surface area contributed by atoms with Crippen LogP contribution in [0.1, 0.15) is 33.6 Å². The molecule has 1 unspecified atom stereocenters. The van der Waals surface area contributed by atoms with Gasteiger partial charge < -0.3 is 20.7 Å². The van der Waals surface area contributed by atoms with Crippen LogP contribution in [0.5, 0.6) is 5.88 Å². The lowest BCUT2D eigenvalue weighted by atomic mass is 10.3. The minimum atomic E-state index is 0.331. The van der Waals surface area contributed by atoms with Crippen molar-refractivity contribution in [3.8, 4) is 5.88 Å². The molecule has 0 spiro atoms. The Morgan fingerprint density at radius 3 is 2.71 bits per heavy atom. The lowest BCUT2D eigenvalue weighted by molar-refractivity contribution is 0.289. The van der Waals surface area contributed by atoms with E-state index in [1.54, 1.807) is 0 Å². The fraction of sp³-hybridized carbons (Fsp3) is 0.688. The van der Waals surface area contributed by atoms with E-state index in [9.17, 15) is 0 Å². The topological polar surface area (TPSA) is 63.4 Å². The summed E-state index contributed by atoms with van der Waals surface area (Å²) in [5, 5.41) is 3.42. The fourth-order valence-corrected chi connectivity index (χ4v) is 2.30. The summed E-state index contributed by atoms with van der Waals surface area (Å²) in [6, 6.07) is 4.11. The number of pyridine rings is 1. The SMILES string of the molecule is CCN(CC)CC(C)Nc1ccc(N)c(OCC2CC2)n1. The highest BCUT2D eigenvalue weighted by atomic mass is 16.5. The summed E-state index contributed by atoms with van der Waals surface area (Å²) in [6.45, 7) is 10.4. The van der Waals surface area contributed by atoms with E-state index in [0.717, 1.165) is 32.1 Å². The molecule has 0 aliphatic heterocycles. The predicted molar refractivity (Wildman–Crippen MR) is 87.7 cm³/mol. The largest absolute Gasteiger partial charge is 0.476 e. The smallest absolute Gasteiger partial charge is 0.239 e. The van der Waals surface area contributed by atoms with E-state index in [1.165, 1.54) is 12.8 Å². The molecule has 5 heteroatoms. The Hall–Kier alpha value is -1.49. The third kappa shape index (κ3) is 5.08. The molecule has 1 heterocycles. The average Bonchev–Trinajstić information content (AvgIpc) is 3.29. The predicted octanol–water partition coefficient (Wildman–Crippen LogP) is 2.59. The number of nitrogens with one attached hydrogen (secondary N) is 1. The minimum absolute atomic E-state index is 0.331. The first kappa shape index (κ1) is 15.9. The maximum Gasteiger partial charge on any atom is 0.239 e. The van der Waals surface area contributed by atoms with Crippen LogP contribution in [-0.2, 0) is 0 Å². The van der Waals surface area contributed by atoms with E-state index in [-0.39, 0.29) is 0 Å². The van der Waals surface area contributed by atoms with Crippen molar-refractivity contribution in [2.75, 3.05) is 37.3 Å². The number of ether oxygens (including phenoxy) is 1. The van der Waals surface area contributed by atoms with Crippen molar-refractivity contribution in [2.24, 2.45) is 5.92 Å². The van der Waals surface area contributed by atoms with Gasteiger partial charge in [-0.1, -0.05) is 13.8 Å². The van der Waals surface area contributed by atoms with Crippen molar-refractivity contribution >= 4 is 11.5 Å². The molecule has 0 saturated heterocycles. The third-order valence-corrected chi connectivity index (χ3v) is 3.86. The van der Waals surface area contributed by atoms with Crippen LogP contribution in [-0.4, -0.2) is 42.2 Å². The molecule has 2 rings (SSSR count). The van der Waals surface area contributed by atoms with Gasteiger partial charge in [-0.2, -0.15) is 4.98 Å². The average molecular weight is 292 g/mol. The van der Waals surface area contributed by atoms with E-state index in [4.69, 9.17) is 10.5 Å². The zero-order valence-corrected chi connectivity index (χ0v) is 13.4. The number of likely N-dealkylation sites (N-methyl/N-ethyl adjacent to an activating group) is 1. The number of hydrogen-bond acceptors (Lipinski definition) is 5. The van der Waals surface area contributed by atoms with Crippen molar-refractivity contribution in [3.63, 3.8) is 0 Å². The molecule has 1 saturated carbocycles. The Labute approximate surface area is 127 Å². The van der Waals surface area contributed by atoms with Crippen LogP contribution in [0, 0.1) is 5.92 Å². The fourth-order valence-electron chi connectivity index (χ4n) is 2.30. The minimum Gasteiger partial charge on any atom is -0.476 e. The Bertz CT molecular complexity index is 444. The van der Waals surface area contributed by atoms with Crippen molar-refractivity contribution < 1.29 is 4.74 Å². The van der Waals surface area contributed by atoms with E-state index in [2.05, 4.69) is 36.0 Å². The van der Waals surface area contributed by atoms with Gasteiger partial charge in [0.2, 0.25) is 5.88 Å². The number of nitrogens with zero attached hydrogens (tertiary/aromatic N) is 2. The molecule has 1 atom stereocenters. The molecule has 1 aromatic heterocycles. The monoisotopic (exact) mass is 292 g/mol. The standard InChI is InChI=1S/C16H28N4O/c1-4-20(5-2)10-12(3)18-15-9-8-14(17)16(19-15)21-11-13-6-7-13/h8-9,12-13H,4-7,10-11,17H2,1-3H3,(H,18,19). The Balaban J connectivity index is 1.90. The van der Waals surface area contributed by atoms with Gasteiger partial charge in [0, 0.05) is 12.6 Å². The van der Waals surface area contributed by atoms with Gasteiger partial charge in [-0.3, -0.25) is 0 Å². The van der Waals surface area contributed by atoms with E-state index in [0.29, 0.717) is 23.5 Å². The van der Waals surface area contributed by atoms with Gasteiger partial charge in [0.25, 0.3) is 0 Å². The van der Waals surface area contributed by atoms with Gasteiger partial charge in [0.1, 0.15) is 5.82 Å². The van der Waals surface area contributed by atoms with E-state index in [1.807, 2.05) is 12.1 Å². The summed E-state index contributed by atoms with van der Waals surface area (Å²) in [5.41, 5.74) is 6.54. The highest BCUT2D eigenvalue weighted by Crippen LogP contribution is 2.30. The number of hydrogen-bond donors (Lipinski definition) is 2. The molecule has 0 amide bonds. The molecule has 1 fully saturated rings. The van der Waals surface area contributed by atoms with Gasteiger partial charge in [0.15, 0.2) is 0 Å². The Morgan fingerprint density at radius 1 is 1.38 bits per heavy atom. The number of aromatic nitrogens is 1. The molecule has 5 nitrogen and oxygen atoms in total. The zero-order chi connectivity index (χ0) is 15.2. The van der Waals surface area contributed by atoms with Crippen LogP contribution in [0.15, 0.2) is 12.1 Å². The van der Waals surface area contributed by atoms with E-state index >= 15 is 0 Å². The second-order valence-electron chi connectivity index (χ2n) is 5.88. The highest BCUT2D eigenvalue weighted by molar-refractivity contribution is 5.53. The summed E-state index contributed by atoms with van der Waals surface area (Å²) in [4.78, 5) is 6.88. The van der Waals surface area contributed by atoms with Crippen molar-refractivity contribution in [3.05, 3.63) is 12.1 Å². The Kier molecular flexibility index (Phi) is 5.67. The number of nitrogens with two attached hydrogens (primary N) is 1. The molecule has 1 aliphatic rings. The van der Waals surface area contributed by atoms with Gasteiger partial charge >= 0.3 is 0 Å². The number of anilines is 2. The zero-order valence-electron chi connectivity index (χ0n) is 13.4. The van der Waals surface area contributed by atoms with E-state index < -0.39 is 0 Å². The molecular weight excluding hydrogens is 264 g/mol. The van der Waals surface area contributed by atoms with Gasteiger partial charge in [-0.25, -0.2) is 0 Å². The lowest BCUT2D eigenvalue weighted by Gasteiger charge is -2.24. The quantitative estimate of drug-likeness (QED) is 0.732. The van der Waals surface area contributed by atoms with Crippen LogP contribution in [0.3, 0.4) is 0 Å². The van der Waals surface area contributed by atoms with Crippen LogP contribution in [0.4, 0.5) is 11.5 Å². The molecule has 3 N–H and O–H groups in total. The van der Waals surface area contributed by atoms with Crippen molar-refractivity contribution in [2.45, 2.75) is 39.7 Å². The molecular formula is C16H28N4O. The number of rotatable bonds is 9. The van der Waals surface area contributed by atoms with Gasteiger partial charge in [0.05, 0.1) is 12.3 Å². The highest BCUT2D eigenvalue weighted by Gasteiger charge is 2.22. The summed E-state index contributed by atoms with van der Waals surface area (Å²) in [7, 11) is 0. The van der Waals surface area contributed by atoms with Crippen LogP contribution >= 0.6 is 0 Å². The third-order valence-electron chi connectivity index (χ3n) is 3.86. The molecule has 21 heavy (non-hydrogen) atoms. The summed E-state index contributed by atoms with van der Waals surface area (Å²) in [5.74, 6) is 2.08. The molecule has 1 aromatic rings. The molecule has 0 aromatic carbocycles. The maximum absolute atomic E-state index is 5.93. The summed E-state index contributed by atoms with van der Waals surface area (Å²) < 4.78 is 5.72. The van der Waals surface area contributed by atoms with Crippen molar-refractivity contribution in [1.29, 1.82) is 0 Å². The molecule has 0 bridgehead atoms. The Morgan fingerprint density at radius 2 is 2.10 bits per heavy atom. The van der Waals surface area contributed by atoms with Gasteiger partial charge in [-0.05, 0) is 50.9 Å². The van der Waals surface area contributed by atoms with Gasteiger partial charge in [-0.15, -0.1) is 0 Å². The molecule has 1 aliphatic carbocycles. The summed E-state index contributed by atoms with van der Waals surface area (Å²) in [6.07, 6.45) is 2.53. The van der Waals surface area contributed by atoms with Crippen LogP contribution in [0.25, 0.3) is 0 Å². The normalized spacial score (nSPS) is 16.0. The van der Waals surface area contributed by atoms with Crippen LogP contribution < -0.4 is 15.8 Å². The first-order valence-electron chi connectivity index (χ1n) is 8.00. The number of nitrogen functional groups attached to an aromatic ring is 1.